The molecule has 0 saturated heterocycles. The van der Waals surface area contributed by atoms with Crippen molar-refractivity contribution in [2.45, 2.75) is 51.7 Å². The number of carbonyl (C=O) groups is 1. The van der Waals surface area contributed by atoms with Gasteiger partial charge in [-0.1, -0.05) is 6.08 Å². The summed E-state index contributed by atoms with van der Waals surface area (Å²) in [5.74, 6) is 2.34. The summed E-state index contributed by atoms with van der Waals surface area (Å²) in [7, 11) is 5.37. The smallest absolute Gasteiger partial charge is 0.411 e. The summed E-state index contributed by atoms with van der Waals surface area (Å²) in [5.41, 5.74) is 3.09. The predicted molar refractivity (Wildman–Crippen MR) is 142 cm³/mol. The zero-order valence-corrected chi connectivity index (χ0v) is 22.7. The average Bonchev–Trinajstić information content (AvgIpc) is 3.49. The van der Waals surface area contributed by atoms with E-state index in [0.29, 0.717) is 41.2 Å². The number of pyridine rings is 1. The van der Waals surface area contributed by atoms with E-state index in [1.54, 1.807) is 20.4 Å². The number of fused-ring (bicyclic) bond motifs is 1. The Balaban J connectivity index is 1.30. The molecule has 3 heterocycles. The summed E-state index contributed by atoms with van der Waals surface area (Å²) in [6.45, 7) is 5.59. The third-order valence-electron chi connectivity index (χ3n) is 6.84. The van der Waals surface area contributed by atoms with Gasteiger partial charge < -0.3 is 14.4 Å². The number of alkyl carbamates (subject to hydrolysis) is 1. The van der Waals surface area contributed by atoms with Crippen molar-refractivity contribution in [3.63, 3.8) is 0 Å². The standard InChI is InChI=1S/C27H34N8O3/c1-27(2,3)38-26(36)29-18-12-16-11-17(16)13-19(14-18)34(4)24-10-9-22(31-32-24)21-8-7-20(25(30-21)37-6)23-15-28-35(5)33-23/h7-10,12,15-17,19H,11,13-14H2,1-6H3,(H,29,36)/t16?,17-,19-/m0/s1. The highest BCUT2D eigenvalue weighted by Crippen LogP contribution is 2.47. The number of nitrogens with zero attached hydrogens (tertiary/aromatic N) is 7. The van der Waals surface area contributed by atoms with Gasteiger partial charge in [-0.15, -0.1) is 10.2 Å². The van der Waals surface area contributed by atoms with Gasteiger partial charge in [-0.3, -0.25) is 5.32 Å². The Labute approximate surface area is 222 Å². The molecule has 5 rings (SSSR count). The number of methoxy groups -OCH3 is 1. The molecule has 2 aliphatic carbocycles. The van der Waals surface area contributed by atoms with Crippen LogP contribution in [0.15, 0.2) is 42.2 Å². The molecule has 38 heavy (non-hydrogen) atoms. The quantitative estimate of drug-likeness (QED) is 0.516. The normalized spacial score (nSPS) is 20.6. The van der Waals surface area contributed by atoms with Crippen LogP contribution in [0.5, 0.6) is 5.88 Å². The Morgan fingerprint density at radius 2 is 1.89 bits per heavy atom. The fraction of sp³-hybridized carbons (Fsp3) is 0.481. The van der Waals surface area contributed by atoms with Crippen molar-refractivity contribution in [1.29, 1.82) is 0 Å². The molecule has 200 valence electrons. The molecule has 1 unspecified atom stereocenters. The van der Waals surface area contributed by atoms with Crippen molar-refractivity contribution >= 4 is 11.9 Å². The summed E-state index contributed by atoms with van der Waals surface area (Å²) in [5, 5.41) is 20.4. The zero-order chi connectivity index (χ0) is 27.0. The number of ether oxygens (including phenoxy) is 2. The molecule has 2 aliphatic rings. The fourth-order valence-corrected chi connectivity index (χ4v) is 4.82. The molecule has 3 aromatic rings. The molecule has 11 nitrogen and oxygen atoms in total. The summed E-state index contributed by atoms with van der Waals surface area (Å²) in [6, 6.07) is 7.81. The van der Waals surface area contributed by atoms with Crippen molar-refractivity contribution in [3.05, 3.63) is 42.2 Å². The number of aromatic nitrogens is 6. The monoisotopic (exact) mass is 518 g/mol. The number of hydrogen-bond donors (Lipinski definition) is 1. The van der Waals surface area contributed by atoms with Gasteiger partial charge in [0.25, 0.3) is 0 Å². The lowest BCUT2D eigenvalue weighted by atomic mass is 10.0. The molecule has 3 atom stereocenters. The Kier molecular flexibility index (Phi) is 6.77. The maximum atomic E-state index is 12.4. The van der Waals surface area contributed by atoms with Gasteiger partial charge in [-0.25, -0.2) is 9.78 Å². The van der Waals surface area contributed by atoms with E-state index in [4.69, 9.17) is 9.47 Å². The number of hydrogen-bond acceptors (Lipinski definition) is 9. The minimum Gasteiger partial charge on any atom is -0.480 e. The maximum Gasteiger partial charge on any atom is 0.411 e. The van der Waals surface area contributed by atoms with Crippen molar-refractivity contribution in [2.75, 3.05) is 19.1 Å². The molecule has 0 aromatic carbocycles. The van der Waals surface area contributed by atoms with Crippen molar-refractivity contribution < 1.29 is 14.3 Å². The minimum absolute atomic E-state index is 0.179. The Bertz CT molecular complexity index is 1350. The first kappa shape index (κ1) is 25.6. The highest BCUT2D eigenvalue weighted by Gasteiger charge is 2.41. The van der Waals surface area contributed by atoms with Gasteiger partial charge in [0.05, 0.1) is 24.6 Å². The molecular formula is C27H34N8O3. The number of anilines is 1. The second-order valence-corrected chi connectivity index (χ2v) is 10.9. The lowest BCUT2D eigenvalue weighted by Crippen LogP contribution is -2.37. The lowest BCUT2D eigenvalue weighted by Gasteiger charge is -2.29. The fourth-order valence-electron chi connectivity index (χ4n) is 4.82. The summed E-state index contributed by atoms with van der Waals surface area (Å²) in [4.78, 5) is 20.7. The van der Waals surface area contributed by atoms with Crippen molar-refractivity contribution in [2.24, 2.45) is 18.9 Å². The average molecular weight is 519 g/mol. The molecule has 1 amide bonds. The van der Waals surface area contributed by atoms with Crippen molar-refractivity contribution in [3.8, 4) is 28.5 Å². The van der Waals surface area contributed by atoms with E-state index in [9.17, 15) is 4.79 Å². The van der Waals surface area contributed by atoms with E-state index in [-0.39, 0.29) is 6.04 Å². The third kappa shape index (κ3) is 5.76. The van der Waals surface area contributed by atoms with Crippen LogP contribution < -0.4 is 15.0 Å². The lowest BCUT2D eigenvalue weighted by molar-refractivity contribution is 0.0543. The molecule has 3 aromatic heterocycles. The van der Waals surface area contributed by atoms with Crippen LogP contribution in [0.25, 0.3) is 22.6 Å². The molecule has 1 fully saturated rings. The number of rotatable bonds is 6. The van der Waals surface area contributed by atoms with Crippen LogP contribution in [0, 0.1) is 11.8 Å². The number of carbonyl (C=O) groups excluding carboxylic acids is 1. The Hall–Kier alpha value is -4.02. The first-order chi connectivity index (χ1) is 18.1. The van der Waals surface area contributed by atoms with E-state index in [1.165, 1.54) is 4.80 Å². The summed E-state index contributed by atoms with van der Waals surface area (Å²) in [6.07, 6.45) is 6.33. The molecule has 0 aliphatic heterocycles. The summed E-state index contributed by atoms with van der Waals surface area (Å²) < 4.78 is 11.0. The highest BCUT2D eigenvalue weighted by molar-refractivity contribution is 5.70. The molecule has 0 spiro atoms. The van der Waals surface area contributed by atoms with Gasteiger partial charge in [-0.2, -0.15) is 15.0 Å². The third-order valence-corrected chi connectivity index (χ3v) is 6.84. The minimum atomic E-state index is -0.542. The largest absolute Gasteiger partial charge is 0.480 e. The van der Waals surface area contributed by atoms with Crippen LogP contribution in [-0.4, -0.2) is 62.1 Å². The van der Waals surface area contributed by atoms with Gasteiger partial charge >= 0.3 is 6.09 Å². The highest BCUT2D eigenvalue weighted by atomic mass is 16.6. The molecule has 0 bridgehead atoms. The second-order valence-electron chi connectivity index (χ2n) is 10.9. The van der Waals surface area contributed by atoms with Crippen molar-refractivity contribution in [1.82, 2.24) is 35.5 Å². The molecule has 1 saturated carbocycles. The second kappa shape index (κ2) is 10.0. The van der Waals surface area contributed by atoms with E-state index >= 15 is 0 Å². The van der Waals surface area contributed by atoms with Gasteiger partial charge in [0, 0.05) is 32.3 Å². The predicted octanol–water partition coefficient (Wildman–Crippen LogP) is 3.99. The summed E-state index contributed by atoms with van der Waals surface area (Å²) >= 11 is 0. The van der Waals surface area contributed by atoms with E-state index in [0.717, 1.165) is 29.9 Å². The van der Waals surface area contributed by atoms with E-state index in [2.05, 4.69) is 41.7 Å². The van der Waals surface area contributed by atoms with Gasteiger partial charge in [0.1, 0.15) is 17.0 Å². The van der Waals surface area contributed by atoms with Crippen LogP contribution in [-0.2, 0) is 11.8 Å². The molecular weight excluding hydrogens is 484 g/mol. The van der Waals surface area contributed by atoms with E-state index in [1.807, 2.05) is 52.1 Å². The van der Waals surface area contributed by atoms with Crippen LogP contribution in [0.4, 0.5) is 10.6 Å². The molecule has 1 N–H and O–H groups in total. The maximum absolute atomic E-state index is 12.4. The SMILES string of the molecule is COc1nc(-c2ccc(N(C)[C@@H]3CC(NC(=O)OC(C)(C)C)=CC4C[C@H]4C3)nn2)ccc1-c1cnn(C)n1. The number of nitrogens with one attached hydrogen (secondary N) is 1. The van der Waals surface area contributed by atoms with Crippen LogP contribution in [0.2, 0.25) is 0 Å². The van der Waals surface area contributed by atoms with E-state index < -0.39 is 11.7 Å². The van der Waals surface area contributed by atoms with Gasteiger partial charge in [-0.05, 0) is 69.7 Å². The van der Waals surface area contributed by atoms with Crippen LogP contribution in [0.3, 0.4) is 0 Å². The van der Waals surface area contributed by atoms with Gasteiger partial charge in [0.15, 0.2) is 5.82 Å². The Morgan fingerprint density at radius 3 is 2.55 bits per heavy atom. The number of aryl methyl sites for hydroxylation is 1. The van der Waals surface area contributed by atoms with Crippen LogP contribution in [0.1, 0.15) is 40.0 Å². The first-order valence-corrected chi connectivity index (χ1v) is 12.8. The molecule has 0 radical (unpaired) electrons. The topological polar surface area (TPSA) is 120 Å². The number of amides is 1. The van der Waals surface area contributed by atoms with Crippen LogP contribution >= 0.6 is 0 Å². The first-order valence-electron chi connectivity index (χ1n) is 12.8. The zero-order valence-electron chi connectivity index (χ0n) is 22.7. The Morgan fingerprint density at radius 1 is 1.11 bits per heavy atom. The van der Waals surface area contributed by atoms with Gasteiger partial charge in [0.2, 0.25) is 5.88 Å². The number of allylic oxidation sites excluding steroid dienone is 1. The molecule has 11 heteroatoms.